The van der Waals surface area contributed by atoms with Crippen molar-refractivity contribution in [3.05, 3.63) is 0 Å². The van der Waals surface area contributed by atoms with Crippen molar-refractivity contribution >= 4 is 11.8 Å². The third-order valence-electron chi connectivity index (χ3n) is 3.87. The van der Waals surface area contributed by atoms with E-state index in [0.717, 1.165) is 19.3 Å². The van der Waals surface area contributed by atoms with E-state index in [4.69, 9.17) is 9.47 Å². The van der Waals surface area contributed by atoms with Gasteiger partial charge in [-0.1, -0.05) is 13.8 Å². The molecule has 96 valence electrons. The van der Waals surface area contributed by atoms with Crippen molar-refractivity contribution in [3.8, 4) is 0 Å². The van der Waals surface area contributed by atoms with Gasteiger partial charge in [0.2, 0.25) is 0 Å². The third kappa shape index (κ3) is 2.10. The van der Waals surface area contributed by atoms with Crippen molar-refractivity contribution in [2.75, 3.05) is 13.2 Å². The minimum atomic E-state index is -0.704. The van der Waals surface area contributed by atoms with E-state index in [1.165, 1.54) is 0 Å². The van der Waals surface area contributed by atoms with E-state index in [2.05, 4.69) is 13.8 Å². The van der Waals surface area contributed by atoms with Crippen LogP contribution in [-0.2, 0) is 19.1 Å². The van der Waals surface area contributed by atoms with E-state index >= 15 is 0 Å². The first-order valence-corrected chi connectivity index (χ1v) is 6.23. The molecule has 17 heavy (non-hydrogen) atoms. The van der Waals surface area contributed by atoms with Gasteiger partial charge in [0.25, 0.3) is 0 Å². The Balaban J connectivity index is 2.22. The molecule has 0 amide bonds. The third-order valence-corrected chi connectivity index (χ3v) is 3.87. The first-order valence-electron chi connectivity index (χ1n) is 6.23. The highest BCUT2D eigenvalue weighted by Crippen LogP contribution is 2.52. The number of hydrogen-bond donors (Lipinski definition) is 0. The van der Waals surface area contributed by atoms with Crippen LogP contribution in [0.5, 0.6) is 0 Å². The average Bonchev–Trinajstić information content (AvgIpc) is 2.69. The number of ether oxygens (including phenoxy) is 2. The van der Waals surface area contributed by atoms with Crippen molar-refractivity contribution in [1.82, 2.24) is 0 Å². The number of ketones is 1. The van der Waals surface area contributed by atoms with Gasteiger partial charge in [-0.3, -0.25) is 9.59 Å². The average molecular weight is 240 g/mol. The molecule has 2 aliphatic rings. The van der Waals surface area contributed by atoms with E-state index in [1.807, 2.05) is 0 Å². The lowest BCUT2D eigenvalue weighted by Crippen LogP contribution is -2.41. The van der Waals surface area contributed by atoms with Gasteiger partial charge in [-0.25, -0.2) is 0 Å². The van der Waals surface area contributed by atoms with Crippen LogP contribution >= 0.6 is 0 Å². The highest BCUT2D eigenvalue weighted by Gasteiger charge is 2.59. The predicted octanol–water partition coefficient (Wildman–Crippen LogP) is 1.71. The van der Waals surface area contributed by atoms with Crippen molar-refractivity contribution in [2.45, 2.75) is 45.6 Å². The Morgan fingerprint density at radius 3 is 2.71 bits per heavy atom. The van der Waals surface area contributed by atoms with Crippen LogP contribution in [0.1, 0.15) is 40.0 Å². The number of rotatable bonds is 2. The Morgan fingerprint density at radius 1 is 1.47 bits per heavy atom. The molecule has 0 aromatic heterocycles. The van der Waals surface area contributed by atoms with Gasteiger partial charge >= 0.3 is 5.97 Å². The fourth-order valence-electron chi connectivity index (χ4n) is 3.15. The van der Waals surface area contributed by atoms with Crippen LogP contribution in [0.4, 0.5) is 0 Å². The molecule has 1 aliphatic carbocycles. The maximum atomic E-state index is 11.9. The van der Waals surface area contributed by atoms with E-state index in [1.54, 1.807) is 6.92 Å². The first kappa shape index (κ1) is 12.6. The Labute approximate surface area is 102 Å². The molecule has 0 N–H and O–H groups in total. The summed E-state index contributed by atoms with van der Waals surface area (Å²) in [7, 11) is 0. The second-order valence-electron chi connectivity index (χ2n) is 5.85. The van der Waals surface area contributed by atoms with Crippen LogP contribution in [0.2, 0.25) is 0 Å². The van der Waals surface area contributed by atoms with Crippen LogP contribution in [0, 0.1) is 11.3 Å². The lowest BCUT2D eigenvalue weighted by atomic mass is 9.81. The lowest BCUT2D eigenvalue weighted by Gasteiger charge is -2.29. The zero-order valence-electron chi connectivity index (χ0n) is 10.7. The first-order chi connectivity index (χ1) is 7.90. The standard InChI is InChI=1S/C13H20O4/c1-4-16-11(15)10-9(14)7-17-13(10)6-5-12(2,3)8-13/h10H,4-8H2,1-3H3. The van der Waals surface area contributed by atoms with Gasteiger partial charge in [0.05, 0.1) is 12.2 Å². The fraction of sp³-hybridized carbons (Fsp3) is 0.846. The second-order valence-corrected chi connectivity index (χ2v) is 5.85. The normalized spacial score (nSPS) is 35.5. The number of carbonyl (C=O) groups excluding carboxylic acids is 2. The molecular formula is C13H20O4. The number of carbonyl (C=O) groups is 2. The molecule has 0 bridgehead atoms. The molecule has 2 unspecified atom stereocenters. The van der Waals surface area contributed by atoms with Gasteiger partial charge in [-0.15, -0.1) is 0 Å². The highest BCUT2D eigenvalue weighted by atomic mass is 16.5. The van der Waals surface area contributed by atoms with Crippen molar-refractivity contribution in [2.24, 2.45) is 11.3 Å². The summed E-state index contributed by atoms with van der Waals surface area (Å²) in [6.07, 6.45) is 2.51. The zero-order chi connectivity index (χ0) is 12.7. The molecule has 4 heteroatoms. The largest absolute Gasteiger partial charge is 0.465 e. The molecule has 0 aromatic carbocycles. The summed E-state index contributed by atoms with van der Waals surface area (Å²) in [4.78, 5) is 23.7. The quantitative estimate of drug-likeness (QED) is 0.544. The maximum absolute atomic E-state index is 11.9. The molecular weight excluding hydrogens is 220 g/mol. The van der Waals surface area contributed by atoms with Gasteiger partial charge in [-0.2, -0.15) is 0 Å². The van der Waals surface area contributed by atoms with E-state index in [9.17, 15) is 9.59 Å². The zero-order valence-corrected chi connectivity index (χ0v) is 10.7. The Bertz CT molecular complexity index is 347. The van der Waals surface area contributed by atoms with Gasteiger partial charge in [0.15, 0.2) is 5.78 Å². The molecule has 1 saturated heterocycles. The topological polar surface area (TPSA) is 52.6 Å². The minimum absolute atomic E-state index is 0.0551. The fourth-order valence-corrected chi connectivity index (χ4v) is 3.15. The summed E-state index contributed by atoms with van der Waals surface area (Å²) in [5.41, 5.74) is -0.456. The number of hydrogen-bond acceptors (Lipinski definition) is 4. The van der Waals surface area contributed by atoms with E-state index < -0.39 is 17.5 Å². The summed E-state index contributed by atoms with van der Waals surface area (Å²) in [6, 6.07) is 0. The Hall–Kier alpha value is -0.900. The molecule has 1 saturated carbocycles. The molecule has 2 rings (SSSR count). The lowest BCUT2D eigenvalue weighted by molar-refractivity contribution is -0.156. The van der Waals surface area contributed by atoms with Gasteiger partial charge in [-0.05, 0) is 31.6 Å². The van der Waals surface area contributed by atoms with Crippen LogP contribution in [0.25, 0.3) is 0 Å². The van der Waals surface area contributed by atoms with Crippen LogP contribution in [0.15, 0.2) is 0 Å². The second kappa shape index (κ2) is 4.09. The molecule has 1 heterocycles. The van der Waals surface area contributed by atoms with E-state index in [0.29, 0.717) is 6.61 Å². The molecule has 2 fully saturated rings. The predicted molar refractivity (Wildman–Crippen MR) is 61.4 cm³/mol. The summed E-state index contributed by atoms with van der Waals surface area (Å²) >= 11 is 0. The summed E-state index contributed by atoms with van der Waals surface area (Å²) in [5.74, 6) is -1.24. The molecule has 0 aromatic rings. The molecule has 2 atom stereocenters. The van der Waals surface area contributed by atoms with Crippen molar-refractivity contribution in [3.63, 3.8) is 0 Å². The van der Waals surface area contributed by atoms with Gasteiger partial charge < -0.3 is 9.47 Å². The van der Waals surface area contributed by atoms with Gasteiger partial charge in [0.1, 0.15) is 12.5 Å². The monoisotopic (exact) mass is 240 g/mol. The van der Waals surface area contributed by atoms with Gasteiger partial charge in [0, 0.05) is 0 Å². The number of Topliss-reactive ketones (excluding diaryl/α,β-unsaturated/α-hetero) is 1. The van der Waals surface area contributed by atoms with Crippen molar-refractivity contribution in [1.29, 1.82) is 0 Å². The van der Waals surface area contributed by atoms with Crippen molar-refractivity contribution < 1.29 is 19.1 Å². The molecule has 4 nitrogen and oxygen atoms in total. The minimum Gasteiger partial charge on any atom is -0.465 e. The molecule has 1 spiro atoms. The highest BCUT2D eigenvalue weighted by molar-refractivity contribution is 6.02. The summed E-state index contributed by atoms with van der Waals surface area (Å²) in [5, 5.41) is 0. The Morgan fingerprint density at radius 2 is 2.18 bits per heavy atom. The Kier molecular flexibility index (Phi) is 3.02. The maximum Gasteiger partial charge on any atom is 0.319 e. The van der Waals surface area contributed by atoms with Crippen LogP contribution < -0.4 is 0 Å². The smallest absolute Gasteiger partial charge is 0.319 e. The SMILES string of the molecule is CCOC(=O)C1C(=O)COC12CCC(C)(C)C2. The van der Waals surface area contributed by atoms with E-state index in [-0.39, 0.29) is 17.8 Å². The molecule has 0 radical (unpaired) electrons. The van der Waals surface area contributed by atoms with Crippen LogP contribution in [0.3, 0.4) is 0 Å². The summed E-state index contributed by atoms with van der Waals surface area (Å²) < 4.78 is 10.7. The number of esters is 1. The van der Waals surface area contributed by atoms with Crippen LogP contribution in [-0.4, -0.2) is 30.6 Å². The summed E-state index contributed by atoms with van der Waals surface area (Å²) in [6.45, 7) is 6.41. The molecule has 1 aliphatic heterocycles.